The van der Waals surface area contributed by atoms with E-state index in [0.717, 1.165) is 25.7 Å². The van der Waals surface area contributed by atoms with Crippen molar-refractivity contribution in [3.63, 3.8) is 0 Å². The zero-order valence-corrected chi connectivity index (χ0v) is 11.1. The van der Waals surface area contributed by atoms with Gasteiger partial charge < -0.3 is 15.7 Å². The van der Waals surface area contributed by atoms with Gasteiger partial charge in [-0.2, -0.15) is 0 Å². The van der Waals surface area contributed by atoms with Gasteiger partial charge in [0, 0.05) is 19.5 Å². The summed E-state index contributed by atoms with van der Waals surface area (Å²) in [6, 6.07) is 0. The minimum atomic E-state index is -0.215. The molecule has 0 aliphatic carbocycles. The highest BCUT2D eigenvalue weighted by Crippen LogP contribution is 2.26. The number of likely N-dealkylation sites (tertiary alicyclic amines) is 1. The molecule has 0 atom stereocenters. The van der Waals surface area contributed by atoms with Crippen LogP contribution in [0, 0.1) is 5.41 Å². The number of aliphatic hydroxyl groups is 1. The van der Waals surface area contributed by atoms with Gasteiger partial charge in [-0.1, -0.05) is 13.8 Å². The molecular formula is C13H26N2O2. The molecule has 0 spiro atoms. The summed E-state index contributed by atoms with van der Waals surface area (Å²) in [7, 11) is 0. The summed E-state index contributed by atoms with van der Waals surface area (Å²) >= 11 is 0. The summed E-state index contributed by atoms with van der Waals surface area (Å²) < 4.78 is 0. The molecule has 1 rings (SSSR count). The molecule has 4 nitrogen and oxygen atoms in total. The van der Waals surface area contributed by atoms with Crippen LogP contribution in [0.3, 0.4) is 0 Å². The van der Waals surface area contributed by atoms with E-state index >= 15 is 0 Å². The third-order valence-electron chi connectivity index (χ3n) is 3.65. The summed E-state index contributed by atoms with van der Waals surface area (Å²) in [5, 5.41) is 9.39. The minimum Gasteiger partial charge on any atom is -0.393 e. The van der Waals surface area contributed by atoms with Gasteiger partial charge in [0.25, 0.3) is 0 Å². The van der Waals surface area contributed by atoms with Crippen molar-refractivity contribution in [2.45, 2.75) is 52.1 Å². The van der Waals surface area contributed by atoms with Gasteiger partial charge in [0.15, 0.2) is 0 Å². The predicted octanol–water partition coefficient (Wildman–Crippen LogP) is 1.12. The molecule has 1 fully saturated rings. The molecule has 17 heavy (non-hydrogen) atoms. The number of nitrogens with zero attached hydrogens (tertiary/aromatic N) is 1. The number of amides is 1. The van der Waals surface area contributed by atoms with Gasteiger partial charge in [-0.05, 0) is 37.6 Å². The van der Waals surface area contributed by atoms with E-state index in [2.05, 4.69) is 13.8 Å². The van der Waals surface area contributed by atoms with E-state index in [0.29, 0.717) is 26.1 Å². The molecule has 1 heterocycles. The standard InChI is InChI=1S/C13H26N2O2/c1-13(2,7-8-14)6-3-12(17)15-9-4-11(16)5-10-15/h11,16H,3-10,14H2,1-2H3. The second-order valence-corrected chi connectivity index (χ2v) is 5.81. The quantitative estimate of drug-likeness (QED) is 0.759. The molecular weight excluding hydrogens is 216 g/mol. The van der Waals surface area contributed by atoms with E-state index in [9.17, 15) is 9.90 Å². The second kappa shape index (κ2) is 6.36. The molecule has 0 unspecified atom stereocenters. The molecule has 0 radical (unpaired) electrons. The van der Waals surface area contributed by atoms with Gasteiger partial charge in [0.05, 0.1) is 6.10 Å². The molecule has 0 aromatic heterocycles. The van der Waals surface area contributed by atoms with Crippen LogP contribution in [0.15, 0.2) is 0 Å². The van der Waals surface area contributed by atoms with Crippen molar-refractivity contribution in [1.82, 2.24) is 4.90 Å². The smallest absolute Gasteiger partial charge is 0.222 e. The fraction of sp³-hybridized carbons (Fsp3) is 0.923. The van der Waals surface area contributed by atoms with Crippen LogP contribution in [-0.2, 0) is 4.79 Å². The zero-order chi connectivity index (χ0) is 12.9. The summed E-state index contributed by atoms with van der Waals surface area (Å²) in [6.07, 6.45) is 3.67. The summed E-state index contributed by atoms with van der Waals surface area (Å²) in [5.41, 5.74) is 5.71. The Labute approximate surface area is 104 Å². The Bertz CT molecular complexity index is 246. The SMILES string of the molecule is CC(C)(CCN)CCC(=O)N1CCC(O)CC1. The average molecular weight is 242 g/mol. The first-order valence-electron chi connectivity index (χ1n) is 6.60. The molecule has 1 amide bonds. The molecule has 1 saturated heterocycles. The van der Waals surface area contributed by atoms with Crippen LogP contribution < -0.4 is 5.73 Å². The Morgan fingerprint density at radius 1 is 1.35 bits per heavy atom. The second-order valence-electron chi connectivity index (χ2n) is 5.81. The molecule has 0 saturated carbocycles. The van der Waals surface area contributed by atoms with Gasteiger partial charge in [-0.3, -0.25) is 4.79 Å². The van der Waals surface area contributed by atoms with Crippen molar-refractivity contribution in [3.05, 3.63) is 0 Å². The van der Waals surface area contributed by atoms with Crippen LogP contribution in [0.2, 0.25) is 0 Å². The topological polar surface area (TPSA) is 66.6 Å². The number of hydrogen-bond acceptors (Lipinski definition) is 3. The first kappa shape index (κ1) is 14.5. The van der Waals surface area contributed by atoms with Gasteiger partial charge in [-0.25, -0.2) is 0 Å². The number of nitrogens with two attached hydrogens (primary N) is 1. The molecule has 0 aromatic rings. The number of aliphatic hydroxyl groups excluding tert-OH is 1. The summed E-state index contributed by atoms with van der Waals surface area (Å²) in [6.45, 7) is 6.41. The lowest BCUT2D eigenvalue weighted by Crippen LogP contribution is -2.40. The molecule has 1 aliphatic heterocycles. The van der Waals surface area contributed by atoms with E-state index in [-0.39, 0.29) is 17.4 Å². The van der Waals surface area contributed by atoms with Crippen LogP contribution >= 0.6 is 0 Å². The maximum Gasteiger partial charge on any atom is 0.222 e. The Hall–Kier alpha value is -0.610. The fourth-order valence-electron chi connectivity index (χ4n) is 2.23. The largest absolute Gasteiger partial charge is 0.393 e. The fourth-order valence-corrected chi connectivity index (χ4v) is 2.23. The predicted molar refractivity (Wildman–Crippen MR) is 68.5 cm³/mol. The molecule has 100 valence electrons. The third kappa shape index (κ3) is 5.04. The molecule has 0 bridgehead atoms. The number of rotatable bonds is 5. The molecule has 1 aliphatic rings. The van der Waals surface area contributed by atoms with Crippen LogP contribution in [0.4, 0.5) is 0 Å². The minimum absolute atomic E-state index is 0.152. The highest BCUT2D eigenvalue weighted by molar-refractivity contribution is 5.76. The van der Waals surface area contributed by atoms with Gasteiger partial charge in [0.2, 0.25) is 5.91 Å². The zero-order valence-electron chi connectivity index (χ0n) is 11.1. The highest BCUT2D eigenvalue weighted by atomic mass is 16.3. The van der Waals surface area contributed by atoms with E-state index in [1.807, 2.05) is 4.90 Å². The number of piperidine rings is 1. The lowest BCUT2D eigenvalue weighted by Gasteiger charge is -2.31. The van der Waals surface area contributed by atoms with Gasteiger partial charge >= 0.3 is 0 Å². The van der Waals surface area contributed by atoms with Crippen LogP contribution in [0.25, 0.3) is 0 Å². The Morgan fingerprint density at radius 2 is 1.94 bits per heavy atom. The molecule has 4 heteroatoms. The van der Waals surface area contributed by atoms with E-state index in [1.165, 1.54) is 0 Å². The van der Waals surface area contributed by atoms with Crippen molar-refractivity contribution in [3.8, 4) is 0 Å². The van der Waals surface area contributed by atoms with Crippen LogP contribution in [-0.4, -0.2) is 41.7 Å². The normalized spacial score (nSPS) is 18.5. The van der Waals surface area contributed by atoms with E-state index in [1.54, 1.807) is 0 Å². The first-order chi connectivity index (χ1) is 7.94. The lowest BCUT2D eigenvalue weighted by molar-refractivity contribution is -0.133. The van der Waals surface area contributed by atoms with Crippen LogP contribution in [0.5, 0.6) is 0 Å². The summed E-state index contributed by atoms with van der Waals surface area (Å²) in [5.74, 6) is 0.224. The van der Waals surface area contributed by atoms with Gasteiger partial charge in [0.1, 0.15) is 0 Å². The number of hydrogen-bond donors (Lipinski definition) is 2. The maximum absolute atomic E-state index is 12.0. The maximum atomic E-state index is 12.0. The van der Waals surface area contributed by atoms with Crippen molar-refractivity contribution in [2.24, 2.45) is 11.1 Å². The van der Waals surface area contributed by atoms with Crippen molar-refractivity contribution in [1.29, 1.82) is 0 Å². The van der Waals surface area contributed by atoms with Crippen molar-refractivity contribution >= 4 is 5.91 Å². The molecule has 0 aromatic carbocycles. The summed E-state index contributed by atoms with van der Waals surface area (Å²) in [4.78, 5) is 13.8. The Kier molecular flexibility index (Phi) is 5.40. The van der Waals surface area contributed by atoms with Crippen molar-refractivity contribution < 1.29 is 9.90 Å². The Morgan fingerprint density at radius 3 is 2.47 bits per heavy atom. The number of carbonyl (C=O) groups excluding carboxylic acids is 1. The van der Waals surface area contributed by atoms with Gasteiger partial charge in [-0.15, -0.1) is 0 Å². The lowest BCUT2D eigenvalue weighted by atomic mass is 9.84. The molecule has 3 N–H and O–H groups in total. The van der Waals surface area contributed by atoms with Crippen molar-refractivity contribution in [2.75, 3.05) is 19.6 Å². The third-order valence-corrected chi connectivity index (χ3v) is 3.65. The average Bonchev–Trinajstić information content (AvgIpc) is 2.27. The number of carbonyl (C=O) groups is 1. The van der Waals surface area contributed by atoms with E-state index in [4.69, 9.17) is 5.73 Å². The van der Waals surface area contributed by atoms with E-state index < -0.39 is 0 Å². The highest BCUT2D eigenvalue weighted by Gasteiger charge is 2.23. The van der Waals surface area contributed by atoms with Crippen LogP contribution in [0.1, 0.15) is 46.0 Å². The monoisotopic (exact) mass is 242 g/mol. The first-order valence-corrected chi connectivity index (χ1v) is 6.60. The Balaban J connectivity index is 2.29.